The molecule has 0 unspecified atom stereocenters. The molecule has 0 heterocycles. The number of carbonyl (C=O) groups is 2. The fourth-order valence-corrected chi connectivity index (χ4v) is 2.36. The van der Waals surface area contributed by atoms with E-state index in [4.69, 9.17) is 0 Å². The number of rotatable bonds is 7. The minimum atomic E-state index is -0.965. The maximum absolute atomic E-state index is 13.3. The number of halogens is 1. The van der Waals surface area contributed by atoms with Gasteiger partial charge in [0.1, 0.15) is 5.82 Å². The number of nitrogens with one attached hydrogen (secondary N) is 1. The smallest absolute Gasteiger partial charge is 0.311 e. The van der Waals surface area contributed by atoms with Gasteiger partial charge in [0.15, 0.2) is 0 Å². The van der Waals surface area contributed by atoms with E-state index in [-0.39, 0.29) is 12.5 Å². The summed E-state index contributed by atoms with van der Waals surface area (Å²) in [7, 11) is 0. The van der Waals surface area contributed by atoms with Gasteiger partial charge in [0.05, 0.1) is 10.8 Å². The van der Waals surface area contributed by atoms with Crippen LogP contribution < -0.4 is 5.32 Å². The highest BCUT2D eigenvalue weighted by atomic mass is 19.1. The van der Waals surface area contributed by atoms with E-state index in [1.165, 1.54) is 12.1 Å². The lowest BCUT2D eigenvalue weighted by Gasteiger charge is -2.30. The predicted molar refractivity (Wildman–Crippen MR) is 83.1 cm³/mol. The minimum Gasteiger partial charge on any atom is -0.481 e. The lowest BCUT2D eigenvalue weighted by atomic mass is 9.80. The van der Waals surface area contributed by atoms with E-state index in [2.05, 4.69) is 5.32 Å². The molecule has 22 heavy (non-hydrogen) atoms. The molecule has 4 nitrogen and oxygen atoms in total. The number of aliphatic carboxylic acids is 1. The van der Waals surface area contributed by atoms with Crippen molar-refractivity contribution in [2.75, 3.05) is 6.54 Å². The van der Waals surface area contributed by atoms with Gasteiger partial charge < -0.3 is 10.4 Å². The predicted octanol–water partition coefficient (Wildman–Crippen LogP) is 3.11. The summed E-state index contributed by atoms with van der Waals surface area (Å²) in [6, 6.07) is 5.89. The SMILES string of the molecule is CCC(CC)(CNC(=O)C(C)(C)c1cccc(F)c1)C(=O)O. The van der Waals surface area contributed by atoms with Crippen molar-refractivity contribution in [1.29, 1.82) is 0 Å². The standard InChI is InChI=1S/C17H24FNO3/c1-5-17(6-2,15(21)22)11-19-14(20)16(3,4)12-8-7-9-13(18)10-12/h7-10H,5-6,11H2,1-4H3,(H,19,20)(H,21,22). The topological polar surface area (TPSA) is 66.4 Å². The van der Waals surface area contributed by atoms with Gasteiger partial charge in [0.25, 0.3) is 0 Å². The van der Waals surface area contributed by atoms with E-state index < -0.39 is 22.6 Å². The maximum Gasteiger partial charge on any atom is 0.311 e. The van der Waals surface area contributed by atoms with Crippen LogP contribution in [-0.2, 0) is 15.0 Å². The first kappa shape index (κ1) is 18.1. The Morgan fingerprint density at radius 3 is 2.27 bits per heavy atom. The van der Waals surface area contributed by atoms with Crippen molar-refractivity contribution < 1.29 is 19.1 Å². The van der Waals surface area contributed by atoms with Crippen molar-refractivity contribution in [2.24, 2.45) is 5.41 Å². The lowest BCUT2D eigenvalue weighted by molar-refractivity contribution is -0.149. The molecule has 5 heteroatoms. The van der Waals surface area contributed by atoms with Crippen LogP contribution in [0.15, 0.2) is 24.3 Å². The molecule has 0 saturated carbocycles. The summed E-state index contributed by atoms with van der Waals surface area (Å²) in [6.07, 6.45) is 0.860. The van der Waals surface area contributed by atoms with Crippen LogP contribution >= 0.6 is 0 Å². The number of carbonyl (C=O) groups excluding carboxylic acids is 1. The molecule has 0 bridgehead atoms. The number of benzene rings is 1. The number of carboxylic acid groups (broad SMARTS) is 1. The Labute approximate surface area is 130 Å². The van der Waals surface area contributed by atoms with Gasteiger partial charge in [-0.15, -0.1) is 0 Å². The van der Waals surface area contributed by atoms with E-state index in [0.717, 1.165) is 0 Å². The number of hydrogen-bond donors (Lipinski definition) is 2. The average molecular weight is 309 g/mol. The van der Waals surface area contributed by atoms with E-state index in [1.54, 1.807) is 39.8 Å². The van der Waals surface area contributed by atoms with E-state index in [0.29, 0.717) is 18.4 Å². The molecule has 0 aliphatic heterocycles. The number of carboxylic acids is 1. The molecular weight excluding hydrogens is 285 g/mol. The minimum absolute atomic E-state index is 0.0624. The Bertz CT molecular complexity index is 551. The molecule has 0 aromatic heterocycles. The molecule has 1 aromatic rings. The van der Waals surface area contributed by atoms with Gasteiger partial charge in [-0.05, 0) is 44.4 Å². The van der Waals surface area contributed by atoms with Gasteiger partial charge in [-0.3, -0.25) is 9.59 Å². The quantitative estimate of drug-likeness (QED) is 0.813. The molecule has 1 aromatic carbocycles. The highest BCUT2D eigenvalue weighted by Gasteiger charge is 2.37. The molecule has 0 aliphatic rings. The molecule has 0 fully saturated rings. The lowest BCUT2D eigenvalue weighted by Crippen LogP contribution is -2.47. The zero-order valence-corrected chi connectivity index (χ0v) is 13.6. The summed E-state index contributed by atoms with van der Waals surface area (Å²) in [5.74, 6) is -1.63. The average Bonchev–Trinajstić information content (AvgIpc) is 2.48. The molecule has 0 spiro atoms. The Morgan fingerprint density at radius 2 is 1.82 bits per heavy atom. The van der Waals surface area contributed by atoms with Gasteiger partial charge in [-0.1, -0.05) is 26.0 Å². The Balaban J connectivity index is 2.90. The van der Waals surface area contributed by atoms with Crippen LogP contribution in [0.2, 0.25) is 0 Å². The summed E-state index contributed by atoms with van der Waals surface area (Å²) in [5.41, 5.74) is -1.35. The third kappa shape index (κ3) is 3.64. The van der Waals surface area contributed by atoms with Crippen LogP contribution in [0.5, 0.6) is 0 Å². The van der Waals surface area contributed by atoms with Crippen molar-refractivity contribution in [1.82, 2.24) is 5.32 Å². The van der Waals surface area contributed by atoms with Crippen molar-refractivity contribution in [2.45, 2.75) is 46.0 Å². The van der Waals surface area contributed by atoms with Crippen LogP contribution in [0.3, 0.4) is 0 Å². The van der Waals surface area contributed by atoms with Crippen LogP contribution in [0, 0.1) is 11.2 Å². The largest absolute Gasteiger partial charge is 0.481 e. The van der Waals surface area contributed by atoms with E-state index in [9.17, 15) is 19.1 Å². The molecule has 0 radical (unpaired) electrons. The molecular formula is C17H24FNO3. The summed E-state index contributed by atoms with van der Waals surface area (Å²) in [5, 5.41) is 12.1. The number of amides is 1. The third-order valence-corrected chi connectivity index (χ3v) is 4.51. The Hall–Kier alpha value is -1.91. The summed E-state index contributed by atoms with van der Waals surface area (Å²) < 4.78 is 13.3. The maximum atomic E-state index is 13.3. The second kappa shape index (κ2) is 6.90. The molecule has 122 valence electrons. The van der Waals surface area contributed by atoms with Crippen LogP contribution in [0.1, 0.15) is 46.1 Å². The van der Waals surface area contributed by atoms with Crippen molar-refractivity contribution in [3.05, 3.63) is 35.6 Å². The summed E-state index contributed by atoms with van der Waals surface area (Å²) in [6.45, 7) is 7.03. The fourth-order valence-electron chi connectivity index (χ4n) is 2.36. The van der Waals surface area contributed by atoms with Crippen molar-refractivity contribution in [3.8, 4) is 0 Å². The highest BCUT2D eigenvalue weighted by molar-refractivity contribution is 5.88. The normalized spacial score (nSPS) is 12.0. The van der Waals surface area contributed by atoms with E-state index >= 15 is 0 Å². The third-order valence-electron chi connectivity index (χ3n) is 4.51. The Morgan fingerprint density at radius 1 is 1.23 bits per heavy atom. The van der Waals surface area contributed by atoms with Gasteiger partial charge >= 0.3 is 5.97 Å². The molecule has 0 aliphatic carbocycles. The molecule has 0 saturated heterocycles. The van der Waals surface area contributed by atoms with Crippen LogP contribution in [-0.4, -0.2) is 23.5 Å². The van der Waals surface area contributed by atoms with Gasteiger partial charge in [-0.25, -0.2) is 4.39 Å². The molecule has 1 amide bonds. The first-order chi connectivity index (χ1) is 10.2. The van der Waals surface area contributed by atoms with E-state index in [1.807, 2.05) is 0 Å². The monoisotopic (exact) mass is 309 g/mol. The highest BCUT2D eigenvalue weighted by Crippen LogP contribution is 2.28. The second-order valence-electron chi connectivity index (χ2n) is 6.11. The van der Waals surface area contributed by atoms with Crippen molar-refractivity contribution >= 4 is 11.9 Å². The van der Waals surface area contributed by atoms with Crippen LogP contribution in [0.4, 0.5) is 4.39 Å². The van der Waals surface area contributed by atoms with Gasteiger partial charge in [0, 0.05) is 6.54 Å². The summed E-state index contributed by atoms with van der Waals surface area (Å²) >= 11 is 0. The first-order valence-electron chi connectivity index (χ1n) is 7.47. The Kier molecular flexibility index (Phi) is 5.69. The zero-order chi connectivity index (χ0) is 17.0. The van der Waals surface area contributed by atoms with Crippen molar-refractivity contribution in [3.63, 3.8) is 0 Å². The number of hydrogen-bond acceptors (Lipinski definition) is 2. The molecule has 2 N–H and O–H groups in total. The molecule has 0 atom stereocenters. The fraction of sp³-hybridized carbons (Fsp3) is 0.529. The van der Waals surface area contributed by atoms with Gasteiger partial charge in [-0.2, -0.15) is 0 Å². The second-order valence-corrected chi connectivity index (χ2v) is 6.11. The van der Waals surface area contributed by atoms with Gasteiger partial charge in [0.2, 0.25) is 5.91 Å². The zero-order valence-electron chi connectivity index (χ0n) is 13.6. The van der Waals surface area contributed by atoms with Crippen LogP contribution in [0.25, 0.3) is 0 Å². The molecule has 1 rings (SSSR count). The summed E-state index contributed by atoms with van der Waals surface area (Å²) in [4.78, 5) is 23.9. The first-order valence-corrected chi connectivity index (χ1v) is 7.47.